The number of hydrogen-bond acceptors (Lipinski definition) is 6. The van der Waals surface area contributed by atoms with Crippen LogP contribution in [0.5, 0.6) is 0 Å². The largest absolute Gasteiger partial charge is 0.369 e. The number of benzene rings is 1. The molecule has 8 nitrogen and oxygen atoms in total. The molecule has 0 fully saturated rings. The van der Waals surface area contributed by atoms with E-state index in [0.29, 0.717) is 31.4 Å². The molecule has 9 heteroatoms. The van der Waals surface area contributed by atoms with Crippen LogP contribution in [0.4, 0.5) is 11.4 Å². The highest BCUT2D eigenvalue weighted by molar-refractivity contribution is 6.76. The molecule has 2 heterocycles. The van der Waals surface area contributed by atoms with Gasteiger partial charge in [0, 0.05) is 58.2 Å². The standard InChI is InChI=1S/C26H38N6O2Si/c1-21(2)16-32(26(33)25-15-27-10-11-28-25)24-9-7-8-23(14-24)30(3)17-22-18-31(19-29-22)20-34-12-13-35(4,5)6/h7-11,14-15,18-19,21H,12-13,16-17,20H2,1-6H3. The van der Waals surface area contributed by atoms with Crippen LogP contribution in [0.25, 0.3) is 0 Å². The summed E-state index contributed by atoms with van der Waals surface area (Å²) in [7, 11) is 0.942. The molecule has 2 aromatic heterocycles. The molecule has 3 rings (SSSR count). The van der Waals surface area contributed by atoms with Gasteiger partial charge in [-0.25, -0.2) is 9.97 Å². The van der Waals surface area contributed by atoms with Crippen LogP contribution in [-0.2, 0) is 18.0 Å². The molecule has 0 radical (unpaired) electrons. The number of aromatic nitrogens is 4. The first-order chi connectivity index (χ1) is 16.6. The third-order valence-electron chi connectivity index (χ3n) is 5.48. The number of rotatable bonds is 12. The molecule has 0 saturated carbocycles. The predicted molar refractivity (Wildman–Crippen MR) is 143 cm³/mol. The van der Waals surface area contributed by atoms with Crippen molar-refractivity contribution in [3.8, 4) is 0 Å². The first-order valence-electron chi connectivity index (χ1n) is 12.1. The number of hydrogen-bond donors (Lipinski definition) is 0. The van der Waals surface area contributed by atoms with E-state index in [1.807, 2.05) is 48.4 Å². The summed E-state index contributed by atoms with van der Waals surface area (Å²) in [5, 5.41) is 0. The van der Waals surface area contributed by atoms with Crippen LogP contribution in [0.15, 0.2) is 55.4 Å². The van der Waals surface area contributed by atoms with Crippen molar-refractivity contribution in [2.24, 2.45) is 5.92 Å². The first-order valence-corrected chi connectivity index (χ1v) is 15.8. The zero-order valence-electron chi connectivity index (χ0n) is 21.8. The van der Waals surface area contributed by atoms with Crippen LogP contribution in [0.3, 0.4) is 0 Å². The summed E-state index contributed by atoms with van der Waals surface area (Å²) in [5.74, 6) is 0.147. The van der Waals surface area contributed by atoms with E-state index in [-0.39, 0.29) is 5.91 Å². The van der Waals surface area contributed by atoms with E-state index in [1.165, 1.54) is 6.20 Å². The lowest BCUT2D eigenvalue weighted by molar-refractivity contribution is 0.0871. The number of carbonyl (C=O) groups excluding carboxylic acids is 1. The summed E-state index contributed by atoms with van der Waals surface area (Å²) in [4.78, 5) is 29.9. The highest BCUT2D eigenvalue weighted by Crippen LogP contribution is 2.25. The summed E-state index contributed by atoms with van der Waals surface area (Å²) in [6.07, 6.45) is 8.47. The van der Waals surface area contributed by atoms with Gasteiger partial charge in [0.05, 0.1) is 24.8 Å². The van der Waals surface area contributed by atoms with Gasteiger partial charge < -0.3 is 19.1 Å². The van der Waals surface area contributed by atoms with E-state index in [9.17, 15) is 4.79 Å². The topological polar surface area (TPSA) is 76.4 Å². The summed E-state index contributed by atoms with van der Waals surface area (Å²) in [5.41, 5.74) is 3.13. The Hall–Kier alpha value is -3.04. The number of imidazole rings is 1. The molecule has 0 spiro atoms. The fraction of sp³-hybridized carbons (Fsp3) is 0.462. The minimum atomic E-state index is -1.09. The molecular weight excluding hydrogens is 456 g/mol. The summed E-state index contributed by atoms with van der Waals surface area (Å²) < 4.78 is 7.81. The Labute approximate surface area is 210 Å². The van der Waals surface area contributed by atoms with E-state index in [2.05, 4.69) is 53.3 Å². The van der Waals surface area contributed by atoms with Gasteiger partial charge in [0.2, 0.25) is 0 Å². The maximum atomic E-state index is 13.2. The fourth-order valence-corrected chi connectivity index (χ4v) is 4.31. The Kier molecular flexibility index (Phi) is 9.17. The zero-order valence-corrected chi connectivity index (χ0v) is 22.8. The molecule has 0 unspecified atom stereocenters. The van der Waals surface area contributed by atoms with Gasteiger partial charge in [0.1, 0.15) is 12.4 Å². The summed E-state index contributed by atoms with van der Waals surface area (Å²) in [6, 6.07) is 9.16. The van der Waals surface area contributed by atoms with E-state index in [4.69, 9.17) is 4.74 Å². The average molecular weight is 495 g/mol. The molecule has 1 amide bonds. The number of ether oxygens (including phenoxy) is 1. The van der Waals surface area contributed by atoms with Gasteiger partial charge >= 0.3 is 0 Å². The third kappa shape index (κ3) is 8.29. The second-order valence-electron chi connectivity index (χ2n) is 10.5. The predicted octanol–water partition coefficient (Wildman–Crippen LogP) is 4.92. The molecule has 3 aromatic rings. The van der Waals surface area contributed by atoms with Gasteiger partial charge in [-0.2, -0.15) is 0 Å². The van der Waals surface area contributed by atoms with Crippen molar-refractivity contribution < 1.29 is 9.53 Å². The number of carbonyl (C=O) groups is 1. The molecular formula is C26H38N6O2Si. The summed E-state index contributed by atoms with van der Waals surface area (Å²) >= 11 is 0. The molecule has 0 bridgehead atoms. The lowest BCUT2D eigenvalue weighted by Gasteiger charge is -2.26. The van der Waals surface area contributed by atoms with Crippen molar-refractivity contribution in [3.63, 3.8) is 0 Å². The van der Waals surface area contributed by atoms with E-state index >= 15 is 0 Å². The van der Waals surface area contributed by atoms with Crippen molar-refractivity contribution in [1.29, 1.82) is 0 Å². The minimum absolute atomic E-state index is 0.153. The van der Waals surface area contributed by atoms with Gasteiger partial charge in [-0.05, 0) is 30.2 Å². The van der Waals surface area contributed by atoms with Gasteiger partial charge in [-0.1, -0.05) is 39.6 Å². The highest BCUT2D eigenvalue weighted by atomic mass is 28.3. The van der Waals surface area contributed by atoms with Crippen LogP contribution < -0.4 is 9.80 Å². The molecule has 188 valence electrons. The van der Waals surface area contributed by atoms with Crippen molar-refractivity contribution in [2.45, 2.75) is 52.8 Å². The number of anilines is 2. The lowest BCUT2D eigenvalue weighted by Crippen LogP contribution is -2.35. The molecule has 0 aliphatic rings. The molecule has 0 atom stereocenters. The first kappa shape index (κ1) is 26.6. The maximum absolute atomic E-state index is 13.2. The van der Waals surface area contributed by atoms with Gasteiger partial charge in [0.25, 0.3) is 5.91 Å². The quantitative estimate of drug-likeness (QED) is 0.263. The Morgan fingerprint density at radius 1 is 1.14 bits per heavy atom. The van der Waals surface area contributed by atoms with Gasteiger partial charge in [-0.3, -0.25) is 9.78 Å². The van der Waals surface area contributed by atoms with Crippen molar-refractivity contribution in [1.82, 2.24) is 19.5 Å². The van der Waals surface area contributed by atoms with Crippen molar-refractivity contribution >= 4 is 25.4 Å². The Morgan fingerprint density at radius 3 is 2.60 bits per heavy atom. The second kappa shape index (κ2) is 12.1. The van der Waals surface area contributed by atoms with Crippen LogP contribution in [0.1, 0.15) is 30.0 Å². The number of amides is 1. The Morgan fingerprint density at radius 2 is 1.91 bits per heavy atom. The smallest absolute Gasteiger partial charge is 0.278 e. The maximum Gasteiger partial charge on any atom is 0.278 e. The average Bonchev–Trinajstić information content (AvgIpc) is 3.27. The van der Waals surface area contributed by atoms with E-state index in [0.717, 1.165) is 29.7 Å². The van der Waals surface area contributed by atoms with Crippen LogP contribution >= 0.6 is 0 Å². The van der Waals surface area contributed by atoms with E-state index in [1.54, 1.807) is 17.3 Å². The molecule has 0 saturated heterocycles. The summed E-state index contributed by atoms with van der Waals surface area (Å²) in [6.45, 7) is 13.8. The molecule has 35 heavy (non-hydrogen) atoms. The lowest BCUT2D eigenvalue weighted by atomic mass is 10.1. The molecule has 0 aliphatic carbocycles. The van der Waals surface area contributed by atoms with E-state index < -0.39 is 8.07 Å². The van der Waals surface area contributed by atoms with Crippen LogP contribution in [-0.4, -0.2) is 53.7 Å². The van der Waals surface area contributed by atoms with Crippen molar-refractivity contribution in [3.05, 3.63) is 66.8 Å². The minimum Gasteiger partial charge on any atom is -0.369 e. The van der Waals surface area contributed by atoms with Crippen molar-refractivity contribution in [2.75, 3.05) is 30.0 Å². The van der Waals surface area contributed by atoms with Crippen LogP contribution in [0, 0.1) is 5.92 Å². The Bertz CT molecular complexity index is 1080. The monoisotopic (exact) mass is 494 g/mol. The third-order valence-corrected chi connectivity index (χ3v) is 7.18. The normalized spacial score (nSPS) is 11.6. The van der Waals surface area contributed by atoms with Crippen LogP contribution in [0.2, 0.25) is 25.7 Å². The number of nitrogens with zero attached hydrogens (tertiary/aromatic N) is 6. The molecule has 0 aliphatic heterocycles. The fourth-order valence-electron chi connectivity index (χ4n) is 3.56. The second-order valence-corrected chi connectivity index (χ2v) is 16.1. The highest BCUT2D eigenvalue weighted by Gasteiger charge is 2.21. The van der Waals surface area contributed by atoms with Gasteiger partial charge in [0.15, 0.2) is 0 Å². The Balaban J connectivity index is 1.67. The SMILES string of the molecule is CC(C)CN(C(=O)c1cnccn1)c1cccc(N(C)Cc2cn(COCC[Si](C)(C)C)cn2)c1. The zero-order chi connectivity index (χ0) is 25.4. The molecule has 1 aromatic carbocycles. The molecule has 0 N–H and O–H groups in total. The van der Waals surface area contributed by atoms with Gasteiger partial charge in [-0.15, -0.1) is 0 Å².